The molecule has 3 rings (SSSR count). The Bertz CT molecular complexity index is 907. The summed E-state index contributed by atoms with van der Waals surface area (Å²) in [5, 5.41) is -0.0491. The number of hydrogen-bond acceptors (Lipinski definition) is 6. The average Bonchev–Trinajstić information content (AvgIpc) is 2.78. The zero-order valence-electron chi connectivity index (χ0n) is 17.4. The van der Waals surface area contributed by atoms with Gasteiger partial charge in [0.25, 0.3) is 0 Å². The Morgan fingerprint density at radius 3 is 2.41 bits per heavy atom. The summed E-state index contributed by atoms with van der Waals surface area (Å²) in [6, 6.07) is 8.17. The number of anilines is 1. The molecule has 174 valence electrons. The van der Waals surface area contributed by atoms with Crippen molar-refractivity contribution < 1.29 is 27.4 Å². The van der Waals surface area contributed by atoms with Gasteiger partial charge in [-0.3, -0.25) is 4.79 Å². The molecule has 11 heteroatoms. The topological polar surface area (TPSA) is 54.9 Å². The van der Waals surface area contributed by atoms with Gasteiger partial charge >= 0.3 is 6.18 Å². The van der Waals surface area contributed by atoms with Crippen LogP contribution in [0.4, 0.5) is 19.0 Å². The van der Waals surface area contributed by atoms with Gasteiger partial charge in [-0.25, -0.2) is 4.98 Å². The Morgan fingerprint density at radius 2 is 1.81 bits per heavy atom. The highest BCUT2D eigenvalue weighted by Crippen LogP contribution is 2.33. The number of rotatable bonds is 8. The number of ether oxygens (including phenoxy) is 2. The lowest BCUT2D eigenvalue weighted by molar-refractivity contribution is -0.137. The van der Waals surface area contributed by atoms with Crippen LogP contribution in [0.3, 0.4) is 0 Å². The predicted octanol–water partition coefficient (Wildman–Crippen LogP) is 4.22. The summed E-state index contributed by atoms with van der Waals surface area (Å²) in [4.78, 5) is 19.9. The number of thioether (sulfide) groups is 1. The molecular formula is C21H23ClF3N3O3S. The van der Waals surface area contributed by atoms with E-state index in [1.54, 1.807) is 16.9 Å². The maximum absolute atomic E-state index is 12.8. The number of benzene rings is 1. The fraction of sp³-hybridized carbons (Fsp3) is 0.429. The normalized spacial score (nSPS) is 14.4. The third kappa shape index (κ3) is 6.59. The van der Waals surface area contributed by atoms with Crippen LogP contribution in [0, 0.1) is 0 Å². The predicted molar refractivity (Wildman–Crippen MR) is 119 cm³/mol. The molecule has 2 aromatic rings. The smallest absolute Gasteiger partial charge is 0.417 e. The van der Waals surface area contributed by atoms with E-state index in [4.69, 9.17) is 21.1 Å². The number of methoxy groups -OCH3 is 1. The first-order valence-electron chi connectivity index (χ1n) is 9.88. The highest BCUT2D eigenvalue weighted by Gasteiger charge is 2.32. The molecule has 6 nitrogen and oxygen atoms in total. The standard InChI is InChI=1S/C21H23ClF3N3O3S/c1-30-16-2-4-17(5-3-16)31-10-11-32-14-19(29)27-6-8-28(9-7-27)20-18(22)12-15(13-26-20)21(23,24)25/h2-5,12-13H,6-11,14H2,1H3. The summed E-state index contributed by atoms with van der Waals surface area (Å²) in [6.45, 7) is 2.31. The third-order valence-corrected chi connectivity index (χ3v) is 6.05. The van der Waals surface area contributed by atoms with E-state index in [9.17, 15) is 18.0 Å². The molecule has 0 spiro atoms. The van der Waals surface area contributed by atoms with E-state index in [1.165, 1.54) is 11.8 Å². The Hall–Kier alpha value is -2.33. The van der Waals surface area contributed by atoms with Gasteiger partial charge in [0.15, 0.2) is 0 Å². The molecule has 32 heavy (non-hydrogen) atoms. The van der Waals surface area contributed by atoms with E-state index in [-0.39, 0.29) is 10.9 Å². The van der Waals surface area contributed by atoms with Crippen LogP contribution in [0.1, 0.15) is 5.56 Å². The summed E-state index contributed by atoms with van der Waals surface area (Å²) in [7, 11) is 1.60. The zero-order chi connectivity index (χ0) is 23.1. The van der Waals surface area contributed by atoms with Gasteiger partial charge in [0, 0.05) is 38.1 Å². The van der Waals surface area contributed by atoms with Crippen molar-refractivity contribution in [2.24, 2.45) is 0 Å². The first-order valence-corrected chi connectivity index (χ1v) is 11.4. The number of alkyl halides is 3. The number of aromatic nitrogens is 1. The highest BCUT2D eigenvalue weighted by atomic mass is 35.5. The molecule has 0 bridgehead atoms. The maximum atomic E-state index is 12.8. The van der Waals surface area contributed by atoms with E-state index in [0.29, 0.717) is 50.1 Å². The van der Waals surface area contributed by atoms with Crippen LogP contribution in [0.15, 0.2) is 36.5 Å². The van der Waals surface area contributed by atoms with Gasteiger partial charge in [0.1, 0.15) is 17.3 Å². The highest BCUT2D eigenvalue weighted by molar-refractivity contribution is 7.99. The van der Waals surface area contributed by atoms with Crippen LogP contribution in [0.5, 0.6) is 11.5 Å². The lowest BCUT2D eigenvalue weighted by atomic mass is 10.2. The summed E-state index contributed by atoms with van der Waals surface area (Å²) < 4.78 is 49.1. The largest absolute Gasteiger partial charge is 0.497 e. The number of piperazine rings is 1. The average molecular weight is 490 g/mol. The molecule has 2 heterocycles. The first kappa shape index (κ1) is 24.3. The molecule has 1 aliphatic rings. The number of pyridine rings is 1. The number of amides is 1. The first-order chi connectivity index (χ1) is 15.3. The number of halogens is 4. The minimum absolute atomic E-state index is 0.0190. The van der Waals surface area contributed by atoms with Crippen molar-refractivity contribution in [3.63, 3.8) is 0 Å². The maximum Gasteiger partial charge on any atom is 0.417 e. The Kier molecular flexibility index (Phi) is 8.36. The van der Waals surface area contributed by atoms with Crippen molar-refractivity contribution in [2.75, 3.05) is 56.3 Å². The molecule has 0 N–H and O–H groups in total. The molecule has 0 aliphatic carbocycles. The molecule has 1 fully saturated rings. The quantitative estimate of drug-likeness (QED) is 0.517. The van der Waals surface area contributed by atoms with Gasteiger partial charge in [0.2, 0.25) is 5.91 Å². The fourth-order valence-electron chi connectivity index (χ4n) is 3.13. The number of carbonyl (C=O) groups is 1. The summed E-state index contributed by atoms with van der Waals surface area (Å²) in [5.74, 6) is 2.83. The lowest BCUT2D eigenvalue weighted by Crippen LogP contribution is -2.49. The molecule has 1 aliphatic heterocycles. The van der Waals surface area contributed by atoms with Crippen LogP contribution >= 0.6 is 23.4 Å². The molecule has 1 aromatic carbocycles. The minimum Gasteiger partial charge on any atom is -0.497 e. The molecule has 0 atom stereocenters. The van der Waals surface area contributed by atoms with Gasteiger partial charge in [0.05, 0.1) is 30.1 Å². The van der Waals surface area contributed by atoms with Crippen molar-refractivity contribution in [3.05, 3.63) is 47.1 Å². The molecular weight excluding hydrogens is 467 g/mol. The third-order valence-electron chi connectivity index (χ3n) is 4.86. The summed E-state index contributed by atoms with van der Waals surface area (Å²) >= 11 is 7.51. The van der Waals surface area contributed by atoms with Crippen molar-refractivity contribution in [2.45, 2.75) is 6.18 Å². The summed E-state index contributed by atoms with van der Waals surface area (Å²) in [5.41, 5.74) is -0.881. The Labute approximate surface area is 193 Å². The van der Waals surface area contributed by atoms with E-state index in [0.717, 1.165) is 23.8 Å². The van der Waals surface area contributed by atoms with Gasteiger partial charge in [-0.2, -0.15) is 13.2 Å². The van der Waals surface area contributed by atoms with Crippen LogP contribution < -0.4 is 14.4 Å². The van der Waals surface area contributed by atoms with E-state index in [1.807, 2.05) is 24.3 Å². The second kappa shape index (κ2) is 11.0. The summed E-state index contributed by atoms with van der Waals surface area (Å²) in [6.07, 6.45) is -3.71. The van der Waals surface area contributed by atoms with E-state index in [2.05, 4.69) is 4.98 Å². The van der Waals surface area contributed by atoms with Gasteiger partial charge in [-0.1, -0.05) is 11.6 Å². The van der Waals surface area contributed by atoms with Crippen molar-refractivity contribution in [3.8, 4) is 11.5 Å². The fourth-order valence-corrected chi connectivity index (χ4v) is 4.12. The van der Waals surface area contributed by atoms with Crippen LogP contribution in [-0.4, -0.2) is 67.2 Å². The second-order valence-electron chi connectivity index (χ2n) is 6.97. The number of carbonyl (C=O) groups excluding carboxylic acids is 1. The molecule has 0 saturated carbocycles. The van der Waals surface area contributed by atoms with Crippen LogP contribution in [0.25, 0.3) is 0 Å². The lowest BCUT2D eigenvalue weighted by Gasteiger charge is -2.35. The Balaban J connectivity index is 1.38. The van der Waals surface area contributed by atoms with Crippen molar-refractivity contribution in [1.29, 1.82) is 0 Å². The number of hydrogen-bond donors (Lipinski definition) is 0. The minimum atomic E-state index is -4.49. The van der Waals surface area contributed by atoms with Crippen molar-refractivity contribution >= 4 is 35.1 Å². The van der Waals surface area contributed by atoms with Gasteiger partial charge < -0.3 is 19.3 Å². The molecule has 0 radical (unpaired) electrons. The zero-order valence-corrected chi connectivity index (χ0v) is 19.0. The molecule has 0 unspecified atom stereocenters. The van der Waals surface area contributed by atoms with Gasteiger partial charge in [-0.15, -0.1) is 11.8 Å². The monoisotopic (exact) mass is 489 g/mol. The second-order valence-corrected chi connectivity index (χ2v) is 8.48. The molecule has 1 saturated heterocycles. The van der Waals surface area contributed by atoms with Crippen LogP contribution in [0.2, 0.25) is 5.02 Å². The molecule has 1 amide bonds. The van der Waals surface area contributed by atoms with Crippen molar-refractivity contribution in [1.82, 2.24) is 9.88 Å². The van der Waals surface area contributed by atoms with Crippen LogP contribution in [-0.2, 0) is 11.0 Å². The van der Waals surface area contributed by atoms with Gasteiger partial charge in [-0.05, 0) is 30.3 Å². The molecule has 1 aromatic heterocycles. The SMILES string of the molecule is COc1ccc(OCCSCC(=O)N2CCN(c3ncc(C(F)(F)F)cc3Cl)CC2)cc1. The van der Waals surface area contributed by atoms with E-state index < -0.39 is 11.7 Å². The number of nitrogens with zero attached hydrogens (tertiary/aromatic N) is 3. The Morgan fingerprint density at radius 1 is 1.16 bits per heavy atom. The van der Waals surface area contributed by atoms with E-state index >= 15 is 0 Å².